The van der Waals surface area contributed by atoms with Crippen molar-refractivity contribution in [3.05, 3.63) is 39.3 Å². The van der Waals surface area contributed by atoms with Gasteiger partial charge in [0.15, 0.2) is 0 Å². The minimum Gasteiger partial charge on any atom is -0.334 e. The summed E-state index contributed by atoms with van der Waals surface area (Å²) < 4.78 is 0. The highest BCUT2D eigenvalue weighted by molar-refractivity contribution is 7.12. The summed E-state index contributed by atoms with van der Waals surface area (Å²) in [6, 6.07) is 4.24. The van der Waals surface area contributed by atoms with Crippen LogP contribution in [0, 0.1) is 13.8 Å². The predicted molar refractivity (Wildman–Crippen MR) is 72.9 cm³/mol. The molecule has 1 N–H and O–H groups in total. The molecular weight excluding hydrogens is 246 g/mol. The van der Waals surface area contributed by atoms with Gasteiger partial charge < -0.3 is 4.90 Å². The van der Waals surface area contributed by atoms with Crippen LogP contribution >= 0.6 is 11.3 Å². The summed E-state index contributed by atoms with van der Waals surface area (Å²) >= 11 is 1.73. The van der Waals surface area contributed by atoms with Gasteiger partial charge in [-0.3, -0.25) is 9.89 Å². The molecule has 0 aliphatic rings. The van der Waals surface area contributed by atoms with Gasteiger partial charge in [0.05, 0.1) is 17.8 Å². The topological polar surface area (TPSA) is 49.0 Å². The van der Waals surface area contributed by atoms with Crippen LogP contribution in [0.15, 0.2) is 18.3 Å². The Morgan fingerprint density at radius 2 is 2.17 bits per heavy atom. The summed E-state index contributed by atoms with van der Waals surface area (Å²) in [6.07, 6.45) is 1.58. The van der Waals surface area contributed by atoms with E-state index in [2.05, 4.69) is 29.3 Å². The zero-order valence-electron chi connectivity index (χ0n) is 11.0. The number of hydrogen-bond acceptors (Lipinski definition) is 3. The number of aromatic amines is 1. The minimum atomic E-state index is -0.000182. The summed E-state index contributed by atoms with van der Waals surface area (Å²) in [4.78, 5) is 16.5. The van der Waals surface area contributed by atoms with Crippen LogP contribution in [0.1, 0.15) is 38.8 Å². The number of aromatic nitrogens is 2. The average Bonchev–Trinajstić information content (AvgIpc) is 2.95. The first-order chi connectivity index (χ1) is 8.50. The third kappa shape index (κ3) is 2.31. The molecule has 0 aliphatic heterocycles. The Bertz CT molecular complexity index is 558. The lowest BCUT2D eigenvalue weighted by atomic mass is 10.2. The molecule has 0 radical (unpaired) electrons. The lowest BCUT2D eigenvalue weighted by Crippen LogP contribution is -2.29. The lowest BCUT2D eigenvalue weighted by molar-refractivity contribution is 0.0744. The van der Waals surface area contributed by atoms with E-state index in [-0.39, 0.29) is 11.9 Å². The lowest BCUT2D eigenvalue weighted by Gasteiger charge is -2.23. The van der Waals surface area contributed by atoms with Crippen molar-refractivity contribution in [2.45, 2.75) is 26.8 Å². The van der Waals surface area contributed by atoms with Gasteiger partial charge in [0.2, 0.25) is 0 Å². The van der Waals surface area contributed by atoms with Gasteiger partial charge >= 0.3 is 0 Å². The maximum Gasteiger partial charge on any atom is 0.257 e. The van der Waals surface area contributed by atoms with E-state index in [0.29, 0.717) is 5.56 Å². The van der Waals surface area contributed by atoms with E-state index >= 15 is 0 Å². The zero-order valence-corrected chi connectivity index (χ0v) is 11.8. The van der Waals surface area contributed by atoms with Crippen molar-refractivity contribution < 1.29 is 4.79 Å². The molecule has 2 heterocycles. The number of thiophene rings is 1. The van der Waals surface area contributed by atoms with E-state index < -0.39 is 0 Å². The Hall–Kier alpha value is -1.62. The highest BCUT2D eigenvalue weighted by atomic mass is 32.1. The van der Waals surface area contributed by atoms with Crippen molar-refractivity contribution in [2.24, 2.45) is 0 Å². The van der Waals surface area contributed by atoms with E-state index in [1.165, 1.54) is 9.75 Å². The highest BCUT2D eigenvalue weighted by Gasteiger charge is 2.22. The maximum atomic E-state index is 12.3. The molecular formula is C13H17N3OS. The maximum absolute atomic E-state index is 12.3. The second kappa shape index (κ2) is 4.94. The molecule has 4 nitrogen and oxygen atoms in total. The van der Waals surface area contributed by atoms with Crippen LogP contribution in [-0.4, -0.2) is 28.1 Å². The van der Waals surface area contributed by atoms with Gasteiger partial charge in [0.1, 0.15) is 0 Å². The van der Waals surface area contributed by atoms with Crippen LogP contribution in [0.5, 0.6) is 0 Å². The van der Waals surface area contributed by atoms with Crippen molar-refractivity contribution in [2.75, 3.05) is 7.05 Å². The van der Waals surface area contributed by atoms with Gasteiger partial charge in [0, 0.05) is 22.5 Å². The molecule has 0 aliphatic carbocycles. The van der Waals surface area contributed by atoms with Gasteiger partial charge in [-0.1, -0.05) is 0 Å². The molecule has 0 bridgehead atoms. The summed E-state index contributed by atoms with van der Waals surface area (Å²) in [7, 11) is 1.83. The van der Waals surface area contributed by atoms with Gasteiger partial charge in [0.25, 0.3) is 5.91 Å². The fourth-order valence-electron chi connectivity index (χ4n) is 1.80. The average molecular weight is 263 g/mol. The van der Waals surface area contributed by atoms with Crippen LogP contribution < -0.4 is 0 Å². The molecule has 0 fully saturated rings. The summed E-state index contributed by atoms with van der Waals surface area (Å²) in [6.45, 7) is 5.97. The first-order valence-electron chi connectivity index (χ1n) is 5.84. The molecule has 18 heavy (non-hydrogen) atoms. The Labute approximate surface area is 111 Å². The molecule has 2 aromatic heterocycles. The number of carbonyl (C=O) groups excluding carboxylic acids is 1. The van der Waals surface area contributed by atoms with Crippen LogP contribution in [0.25, 0.3) is 0 Å². The molecule has 1 atom stereocenters. The van der Waals surface area contributed by atoms with E-state index in [1.54, 1.807) is 22.4 Å². The molecule has 96 valence electrons. The van der Waals surface area contributed by atoms with Crippen molar-refractivity contribution >= 4 is 17.2 Å². The smallest absolute Gasteiger partial charge is 0.257 e. The quantitative estimate of drug-likeness (QED) is 0.925. The molecule has 0 saturated heterocycles. The number of hydrogen-bond donors (Lipinski definition) is 1. The second-order valence-electron chi connectivity index (χ2n) is 4.45. The molecule has 5 heteroatoms. The van der Waals surface area contributed by atoms with Crippen LogP contribution in [0.3, 0.4) is 0 Å². The molecule has 0 saturated carbocycles. The molecule has 0 aromatic carbocycles. The monoisotopic (exact) mass is 263 g/mol. The Morgan fingerprint density at radius 3 is 2.67 bits per heavy atom. The minimum absolute atomic E-state index is 0.000182. The van der Waals surface area contributed by atoms with Crippen LogP contribution in [0.4, 0.5) is 0 Å². The highest BCUT2D eigenvalue weighted by Crippen LogP contribution is 2.27. The van der Waals surface area contributed by atoms with Crippen LogP contribution in [0.2, 0.25) is 0 Å². The number of nitrogens with one attached hydrogen (secondary N) is 1. The zero-order chi connectivity index (χ0) is 13.3. The van der Waals surface area contributed by atoms with Crippen molar-refractivity contribution in [1.82, 2.24) is 15.1 Å². The number of H-pyrrole nitrogens is 1. The fraction of sp³-hybridized carbons (Fsp3) is 0.385. The van der Waals surface area contributed by atoms with Crippen molar-refractivity contribution in [1.29, 1.82) is 0 Å². The normalized spacial score (nSPS) is 12.4. The van der Waals surface area contributed by atoms with Gasteiger partial charge in [-0.05, 0) is 32.9 Å². The summed E-state index contributed by atoms with van der Waals surface area (Å²) in [5.74, 6) is -0.000182. The Balaban J connectivity index is 2.19. The van der Waals surface area contributed by atoms with E-state index in [4.69, 9.17) is 0 Å². The molecule has 2 rings (SSSR count). The first kappa shape index (κ1) is 12.8. The number of aryl methyl sites for hydroxylation is 2. The van der Waals surface area contributed by atoms with Gasteiger partial charge in [-0.25, -0.2) is 0 Å². The van der Waals surface area contributed by atoms with E-state index in [1.807, 2.05) is 20.9 Å². The summed E-state index contributed by atoms with van der Waals surface area (Å²) in [5.41, 5.74) is 1.44. The standard InChI is InChI=1S/C13H17N3OS/c1-8-5-6-12(18-8)10(3)16(4)13(17)11-7-14-15-9(11)2/h5-7,10H,1-4H3,(H,14,15). The number of carbonyl (C=O) groups is 1. The molecule has 0 spiro atoms. The Morgan fingerprint density at radius 1 is 1.44 bits per heavy atom. The van der Waals surface area contributed by atoms with E-state index in [0.717, 1.165) is 5.69 Å². The largest absolute Gasteiger partial charge is 0.334 e. The second-order valence-corrected chi connectivity index (χ2v) is 5.77. The third-order valence-electron chi connectivity index (χ3n) is 3.13. The van der Waals surface area contributed by atoms with E-state index in [9.17, 15) is 4.79 Å². The number of amides is 1. The number of rotatable bonds is 3. The molecule has 2 aromatic rings. The summed E-state index contributed by atoms with van der Waals surface area (Å²) in [5, 5.41) is 6.68. The molecule has 1 amide bonds. The Kier molecular flexibility index (Phi) is 3.52. The van der Waals surface area contributed by atoms with Crippen LogP contribution in [-0.2, 0) is 0 Å². The molecule has 1 unspecified atom stereocenters. The fourth-order valence-corrected chi connectivity index (χ4v) is 2.77. The third-order valence-corrected chi connectivity index (χ3v) is 4.31. The van der Waals surface area contributed by atoms with Crippen molar-refractivity contribution in [3.63, 3.8) is 0 Å². The number of nitrogens with zero attached hydrogens (tertiary/aromatic N) is 2. The van der Waals surface area contributed by atoms with Gasteiger partial charge in [-0.15, -0.1) is 11.3 Å². The van der Waals surface area contributed by atoms with Crippen molar-refractivity contribution in [3.8, 4) is 0 Å². The predicted octanol–water partition coefficient (Wildman–Crippen LogP) is 2.92. The van der Waals surface area contributed by atoms with Gasteiger partial charge in [-0.2, -0.15) is 5.10 Å². The SMILES string of the molecule is Cc1ccc(C(C)N(C)C(=O)c2cn[nH]c2C)s1. The first-order valence-corrected chi connectivity index (χ1v) is 6.66.